The van der Waals surface area contributed by atoms with Gasteiger partial charge in [-0.3, -0.25) is 86.9 Å². The van der Waals surface area contributed by atoms with Gasteiger partial charge in [0.25, 0.3) is 0 Å². The number of Topliss-reactive ketones (excluding diaryl/α,β-unsaturated/α-hetero) is 1. The number of guanidine groups is 1. The minimum atomic E-state index is -1.89. The largest absolute Gasteiger partial charge is 0.508 e. The highest BCUT2D eigenvalue weighted by Crippen LogP contribution is 2.30. The molecule has 0 saturated carbocycles. The third kappa shape index (κ3) is 29.5. The van der Waals surface area contributed by atoms with Crippen LogP contribution < -0.4 is 64.6 Å². The number of aromatic nitrogens is 4. The zero-order valence-corrected chi connectivity index (χ0v) is 78.1. The Morgan fingerprint density at radius 2 is 1.11 bits per heavy atom. The lowest BCUT2D eigenvalue weighted by molar-refractivity contribution is -0.149. The molecule has 3 fully saturated rings. The Hall–Kier alpha value is -13.5. The molecule has 3 aliphatic rings. The van der Waals surface area contributed by atoms with E-state index in [1.54, 1.807) is 62.6 Å². The van der Waals surface area contributed by atoms with Gasteiger partial charge in [-0.15, -0.1) is 11.8 Å². The van der Waals surface area contributed by atoms with Crippen molar-refractivity contribution in [2.45, 2.75) is 235 Å². The third-order valence-corrected chi connectivity index (χ3v) is 25.6. The summed E-state index contributed by atoms with van der Waals surface area (Å²) in [6, 6.07) is 0.168. The summed E-state index contributed by atoms with van der Waals surface area (Å²) in [4.78, 5) is 270. The van der Waals surface area contributed by atoms with Crippen LogP contribution in [0.5, 0.6) is 5.75 Å². The Balaban J connectivity index is 1.10. The van der Waals surface area contributed by atoms with Crippen LogP contribution in [0.1, 0.15) is 153 Å². The monoisotopic (exact) mass is 1890 g/mol. The van der Waals surface area contributed by atoms with Crippen molar-refractivity contribution in [3.8, 4) is 5.75 Å². The van der Waals surface area contributed by atoms with Gasteiger partial charge in [0.15, 0.2) is 11.7 Å². The summed E-state index contributed by atoms with van der Waals surface area (Å²) in [5.74, 6) is -19.0. The molecule has 15 amide bonds. The quantitative estimate of drug-likeness (QED) is 0.0190. The number of unbranched alkanes of at least 4 members (excludes halogenated alkanes) is 2. The molecule has 3 saturated heterocycles. The molecule has 0 aliphatic carbocycles. The van der Waals surface area contributed by atoms with Crippen LogP contribution >= 0.6 is 11.8 Å². The zero-order valence-electron chi connectivity index (χ0n) is 77.3. The van der Waals surface area contributed by atoms with E-state index in [1.165, 1.54) is 69.8 Å². The van der Waals surface area contributed by atoms with Gasteiger partial charge in [-0.2, -0.15) is 0 Å². The van der Waals surface area contributed by atoms with Crippen molar-refractivity contribution >= 4 is 140 Å². The number of aromatic hydroxyl groups is 1. The number of nitrogens with zero attached hydrogens (tertiary/aromatic N) is 6. The number of phenolic OH excluding ortho intramolecular Hbond substituents is 1. The molecule has 6 aromatic rings. The summed E-state index contributed by atoms with van der Waals surface area (Å²) in [5.41, 5.74) is 14.2. The number of ketones is 1. The Morgan fingerprint density at radius 1 is 0.563 bits per heavy atom. The van der Waals surface area contributed by atoms with E-state index >= 15 is 38.4 Å². The van der Waals surface area contributed by atoms with Gasteiger partial charge in [-0.25, -0.2) is 4.98 Å². The second-order valence-corrected chi connectivity index (χ2v) is 36.0. The molecule has 0 unspecified atom stereocenters. The van der Waals surface area contributed by atoms with Crippen LogP contribution in [-0.4, -0.2) is 310 Å². The van der Waals surface area contributed by atoms with E-state index in [1.807, 2.05) is 26.0 Å². The number of carboxylic acids is 1. The van der Waals surface area contributed by atoms with Gasteiger partial charge in [0.2, 0.25) is 88.6 Å². The number of aromatic amines is 3. The molecule has 42 nitrogen and oxygen atoms in total. The van der Waals surface area contributed by atoms with Crippen LogP contribution in [0.4, 0.5) is 0 Å². The molecular weight excluding hydrogens is 1770 g/mol. The number of carbonyl (C=O) groups is 17. The van der Waals surface area contributed by atoms with Gasteiger partial charge in [0.1, 0.15) is 78.3 Å². The molecule has 9 rings (SSSR count). The maximum absolute atomic E-state index is 15.8. The fourth-order valence-corrected chi connectivity index (χ4v) is 17.9. The Bertz CT molecular complexity index is 5200. The fourth-order valence-electron chi connectivity index (χ4n) is 17.0. The molecule has 21 N–H and O–H groups in total. The lowest BCUT2D eigenvalue weighted by atomic mass is 9.90. The minimum absolute atomic E-state index is 0.00229. The summed E-state index contributed by atoms with van der Waals surface area (Å²) in [6.45, 7) is 6.64. The van der Waals surface area contributed by atoms with Crippen LogP contribution in [0.15, 0.2) is 97.7 Å². The van der Waals surface area contributed by atoms with Crippen molar-refractivity contribution in [2.75, 3.05) is 65.4 Å². The van der Waals surface area contributed by atoms with Crippen molar-refractivity contribution < 1.29 is 96.8 Å². The second-order valence-electron chi connectivity index (χ2n) is 35.0. The first-order valence-electron chi connectivity index (χ1n) is 45.7. The van der Waals surface area contributed by atoms with E-state index in [-0.39, 0.29) is 114 Å². The van der Waals surface area contributed by atoms with Crippen LogP contribution in [0.3, 0.4) is 0 Å². The number of rotatable bonds is 26. The number of imidazole rings is 1. The number of amides is 15. The number of nitrogens with one attached hydrogen (secondary N) is 14. The number of thioether (sulfide) groups is 1. The van der Waals surface area contributed by atoms with E-state index < -0.39 is 228 Å². The summed E-state index contributed by atoms with van der Waals surface area (Å²) in [6.07, 6.45) is 5.66. The number of likely N-dealkylation sites (N-methyl/N-ethyl adjacent to an activating group) is 3. The number of carboxylic acid groups (broad SMARTS) is 1. The van der Waals surface area contributed by atoms with E-state index in [0.717, 1.165) is 31.4 Å². The van der Waals surface area contributed by atoms with Gasteiger partial charge in [-0.1, -0.05) is 102 Å². The SMILES string of the molecule is CCCC[C@H]1C(=O)N(C)[C@@H](CCCC)C(=O)N[C@@H](CCCNC(=N)N)C(=O)N[C@H](C(=O)NCC(N)=O)CSCC(=O)N[C@@H](Cc2ccc(O)cc2)C(=O)N(C)[C@@H](C)C(=O)N[C@@H](CC(=O)O)C(=O)N2CCC[C@H]2C(=O)N[C@@H](Cc2c[nH]cn2)C(=O)N[C@@H](CC(C)C)C(=O)N2CCC[C@H]2C(=O)C[C@@H](Cc2c[nH]c3ccccc23)C(=O)N[C@@H](CO)C(=O)N[C@@H](Cc2c[nH]c3ccccc23)C(=O)N1C. The predicted octanol–water partition coefficient (Wildman–Crippen LogP) is -0.210. The minimum Gasteiger partial charge on any atom is -0.508 e. The molecular formula is C92H128N22O20S. The maximum atomic E-state index is 15.8. The number of carbonyl (C=O) groups excluding carboxylic acids is 16. The van der Waals surface area contributed by atoms with E-state index in [0.29, 0.717) is 70.6 Å². The number of para-hydroxylation sites is 2. The lowest BCUT2D eigenvalue weighted by Gasteiger charge is -2.36. The number of fused-ring (bicyclic) bond motifs is 4. The number of aliphatic carboxylic acids is 1. The molecule has 3 aliphatic heterocycles. The highest BCUT2D eigenvalue weighted by molar-refractivity contribution is 8.00. The topological polar surface area (TPSA) is 624 Å². The van der Waals surface area contributed by atoms with Crippen LogP contribution in [0.2, 0.25) is 0 Å². The first-order chi connectivity index (χ1) is 64.4. The molecule has 43 heteroatoms. The van der Waals surface area contributed by atoms with Crippen molar-refractivity contribution in [2.24, 2.45) is 23.3 Å². The van der Waals surface area contributed by atoms with Gasteiger partial charge in [-0.05, 0) is 118 Å². The number of hydrogen-bond acceptors (Lipinski definition) is 22. The van der Waals surface area contributed by atoms with Crippen molar-refractivity contribution in [3.05, 3.63) is 120 Å². The van der Waals surface area contributed by atoms with Gasteiger partial charge in [0, 0.05) is 119 Å². The molecule has 3 aromatic heterocycles. The number of H-pyrrole nitrogens is 3. The zero-order chi connectivity index (χ0) is 98.4. The average molecular weight is 1890 g/mol. The normalized spacial score (nSPS) is 24.3. The van der Waals surface area contributed by atoms with E-state index in [4.69, 9.17) is 16.9 Å². The summed E-state index contributed by atoms with van der Waals surface area (Å²) in [7, 11) is 3.92. The average Bonchev–Trinajstić information content (AvgIpc) is 1.75. The molecule has 732 valence electrons. The van der Waals surface area contributed by atoms with Crippen LogP contribution in [-0.2, 0) is 107 Å². The maximum Gasteiger partial charge on any atom is 0.305 e. The molecule has 135 heavy (non-hydrogen) atoms. The number of phenols is 1. The molecule has 0 bridgehead atoms. The van der Waals surface area contributed by atoms with Crippen molar-refractivity contribution in [3.63, 3.8) is 0 Å². The Labute approximate surface area is 785 Å². The highest BCUT2D eigenvalue weighted by atomic mass is 32.2. The third-order valence-electron chi connectivity index (χ3n) is 24.6. The summed E-state index contributed by atoms with van der Waals surface area (Å²) in [5, 5.41) is 67.4. The van der Waals surface area contributed by atoms with E-state index in [2.05, 4.69) is 73.1 Å². The van der Waals surface area contributed by atoms with Gasteiger partial charge < -0.3 is 119 Å². The first kappa shape index (κ1) is 105. The first-order valence-corrected chi connectivity index (χ1v) is 46.8. The molecule has 6 heterocycles. The molecule has 14 atom stereocenters. The predicted molar refractivity (Wildman–Crippen MR) is 498 cm³/mol. The Kier molecular flexibility index (Phi) is 39.4. The Morgan fingerprint density at radius 3 is 1.72 bits per heavy atom. The number of nitrogens with two attached hydrogens (primary N) is 2. The van der Waals surface area contributed by atoms with Gasteiger partial charge >= 0.3 is 5.97 Å². The van der Waals surface area contributed by atoms with Crippen LogP contribution in [0, 0.1) is 17.2 Å². The van der Waals surface area contributed by atoms with Crippen molar-refractivity contribution in [1.29, 1.82) is 5.41 Å². The number of benzene rings is 3. The fraction of sp³-hybridized carbons (Fsp3) is 0.533. The molecule has 0 spiro atoms. The molecule has 3 aromatic carbocycles. The van der Waals surface area contributed by atoms with E-state index in [9.17, 15) is 58.5 Å². The molecule has 0 radical (unpaired) electrons. The lowest BCUT2D eigenvalue weighted by Crippen LogP contribution is -2.61. The highest BCUT2D eigenvalue weighted by Gasteiger charge is 2.46. The smallest absolute Gasteiger partial charge is 0.305 e. The van der Waals surface area contributed by atoms with Crippen LogP contribution in [0.25, 0.3) is 21.8 Å². The standard InChI is InChI=1S/C92H128N22O20S/c1-9-11-25-72-85(128)103-63(24-17-33-97-92(94)95)82(125)109-70(81(124)100-46-76(93)118)48-135-49-77(119)102-66(37-53-29-31-58(116)32-30-53)87(130)110(6)52(5)79(122)105-68(42-78(120)121)90(133)114-35-19-28-73(114)86(129)104-64(41-57-45-96-50-101-57)83(126)106-65(36-51(3)4)89(132)113-34-18-27-71(113)75(117)40-54(38-55-43-98-61-22-15-13-20-59(55)61)80(123)108-69(47-115)84(127)107-67(39-56-44-99-62-23-16-14-21-60(56)62)88(131)112(8)74(26-12-10-2)91(134)111(72)7/h13-16,20-23,29-32,43-45,50-52,54,63-74,98-99,115-116H,9-12,17-19,24-28,33-42,46-49H2,1-8H3,(H2,93,118)(H,96,101)(H,100,124)(H,102,119)(H,103,128)(H,104,129)(H,105,122)(H,106,126)(H,107,127)(H,108,123)(H,109,125)(H,120,121)(H4,94,95,97)/t52-,54+,63-,64-,65-,66-,67-,68-,69-,70-,71-,72-,73-,74-/m0/s1. The second kappa shape index (κ2) is 50.6. The number of aliphatic hydroxyl groups excluding tert-OH is 1. The number of hydrogen-bond donors (Lipinski definition) is 19. The van der Waals surface area contributed by atoms with Crippen molar-refractivity contribution in [1.82, 2.24) is 97.6 Å². The number of aliphatic hydroxyl groups is 1. The summed E-state index contributed by atoms with van der Waals surface area (Å²) >= 11 is 0.758. The van der Waals surface area contributed by atoms with Gasteiger partial charge in [0.05, 0.1) is 43.4 Å². The number of primary amides is 1. The summed E-state index contributed by atoms with van der Waals surface area (Å²) < 4.78 is 0.